The van der Waals surface area contributed by atoms with Gasteiger partial charge < -0.3 is 50.7 Å². The Morgan fingerprint density at radius 1 is 0.477 bits per heavy atom. The van der Waals surface area contributed by atoms with Crippen LogP contribution in [0.3, 0.4) is 0 Å². The predicted molar refractivity (Wildman–Crippen MR) is 433 cm³/mol. The van der Waals surface area contributed by atoms with E-state index in [2.05, 4.69) is 58.2 Å². The van der Waals surface area contributed by atoms with Gasteiger partial charge in [0.05, 0.1) is 86.7 Å². The van der Waals surface area contributed by atoms with Crippen LogP contribution >= 0.6 is 38.6 Å². The van der Waals surface area contributed by atoms with Crippen LogP contribution in [0, 0.1) is 11.3 Å². The largest absolute Gasteiger partial charge is 0.461 e. The second-order valence-electron chi connectivity index (χ2n) is 27.6. The van der Waals surface area contributed by atoms with E-state index in [0.717, 1.165) is 5.56 Å². The van der Waals surface area contributed by atoms with E-state index in [1.165, 1.54) is 27.2 Å². The topological polar surface area (TPSA) is 360 Å². The maximum atomic E-state index is 14.2. The molecule has 0 saturated carbocycles. The number of amides is 3. The van der Waals surface area contributed by atoms with Gasteiger partial charge in [-0.25, -0.2) is 48.9 Å². The van der Waals surface area contributed by atoms with E-state index in [-0.39, 0.29) is 59.0 Å². The van der Waals surface area contributed by atoms with Gasteiger partial charge >= 0.3 is 30.2 Å². The van der Waals surface area contributed by atoms with Crippen LogP contribution in [0.25, 0.3) is 49.8 Å². The molecule has 3 atom stereocenters. The van der Waals surface area contributed by atoms with Gasteiger partial charge in [-0.15, -0.1) is 22.7 Å². The fraction of sp³-hybridized carbons (Fsp3) is 0.333. The first kappa shape index (κ1) is 85.1. The van der Waals surface area contributed by atoms with Crippen molar-refractivity contribution in [3.63, 3.8) is 0 Å². The second-order valence-corrected chi connectivity index (χ2v) is 30.6. The van der Waals surface area contributed by atoms with Gasteiger partial charge in [0.2, 0.25) is 0 Å². The molecule has 0 unspecified atom stereocenters. The summed E-state index contributed by atoms with van der Waals surface area (Å²) in [6.07, 6.45) is -0.231. The van der Waals surface area contributed by atoms with Crippen LogP contribution in [0.5, 0.6) is 0 Å². The zero-order chi connectivity index (χ0) is 80.9. The van der Waals surface area contributed by atoms with Gasteiger partial charge in [0.15, 0.2) is 20.4 Å². The molecule has 27 nitrogen and oxygen atoms in total. The van der Waals surface area contributed by atoms with E-state index < -0.39 is 59.2 Å². The number of nitrogens with two attached hydrogens (primary N) is 1. The van der Waals surface area contributed by atoms with Crippen molar-refractivity contribution >= 4 is 107 Å². The van der Waals surface area contributed by atoms with Gasteiger partial charge in [-0.05, 0) is 183 Å². The van der Waals surface area contributed by atoms with Crippen molar-refractivity contribution in [3.05, 3.63) is 237 Å². The van der Waals surface area contributed by atoms with Crippen LogP contribution in [0.4, 0.5) is 19.5 Å². The number of anilines is 1. The number of carbonyl (C=O) groups excluding carboxylic acids is 5. The number of hydrogen-bond donors (Lipinski definition) is 5. The maximum absolute atomic E-state index is 14.2. The van der Waals surface area contributed by atoms with Gasteiger partial charge in [-0.3, -0.25) is 28.1 Å². The lowest BCUT2D eigenvalue weighted by molar-refractivity contribution is 0.0487. The number of nitriles is 1. The number of para-hydroxylation sites is 3. The summed E-state index contributed by atoms with van der Waals surface area (Å²) >= 11 is 5.79. The Balaban J connectivity index is 0.000000197. The number of alkyl carbamates (subject to hydrolysis) is 3. The Morgan fingerprint density at radius 3 is 1.18 bits per heavy atom. The second kappa shape index (κ2) is 38.7. The molecule has 582 valence electrons. The SMILES string of the molecule is CCOC(=O)c1csc(Br)n1.CCOC(=O)c1csc(NCc2cccc3nc([C@H](CC)NC(=O)OC(C)(C)C)n(-c4ccccc4)c(=O)c23)n1.CC[C@H](NC(=O)OC(C)(C)C)c1nc2cccc(C#N)c2c(=O)n1-c1ccccc1.CC[C@H](NC(=O)OC(C)(C)C)c1nc2cccc(CN)c2c(=O)n1-c1ccccc1. The third kappa shape index (κ3) is 22.8. The van der Waals surface area contributed by atoms with Gasteiger partial charge in [0.25, 0.3) is 16.7 Å². The highest BCUT2D eigenvalue weighted by Gasteiger charge is 2.30. The third-order valence-electron chi connectivity index (χ3n) is 15.9. The smallest absolute Gasteiger partial charge is 0.408 e. The Bertz CT molecular complexity index is 5320. The Morgan fingerprint density at radius 2 is 0.829 bits per heavy atom. The monoisotopic (exact) mass is 1610 g/mol. The number of nitrogens with zero attached hydrogens (tertiary/aromatic N) is 9. The average molecular weight is 1610 g/mol. The van der Waals surface area contributed by atoms with Crippen molar-refractivity contribution in [2.24, 2.45) is 5.73 Å². The predicted octanol–water partition coefficient (Wildman–Crippen LogP) is 15.7. The molecule has 11 rings (SSSR count). The Hall–Kier alpha value is -11.5. The molecule has 30 heteroatoms. The van der Waals surface area contributed by atoms with Crippen molar-refractivity contribution in [1.82, 2.24) is 54.6 Å². The highest BCUT2D eigenvalue weighted by molar-refractivity contribution is 9.11. The van der Waals surface area contributed by atoms with Crippen molar-refractivity contribution in [2.45, 2.75) is 164 Å². The first-order valence-electron chi connectivity index (χ1n) is 35.9. The molecule has 6 N–H and O–H groups in total. The molecule has 0 fully saturated rings. The lowest BCUT2D eigenvalue weighted by Gasteiger charge is -2.25. The van der Waals surface area contributed by atoms with Crippen LogP contribution < -0.4 is 43.7 Å². The molecule has 5 aromatic heterocycles. The average Bonchev–Trinajstić information content (AvgIpc) is 1.30. The van der Waals surface area contributed by atoms with Crippen LogP contribution in [-0.2, 0) is 36.8 Å². The van der Waals surface area contributed by atoms with Crippen LogP contribution in [-0.4, -0.2) is 98.9 Å². The highest BCUT2D eigenvalue weighted by atomic mass is 79.9. The molecular weight excluding hydrogens is 1520 g/mol. The summed E-state index contributed by atoms with van der Waals surface area (Å²) in [6.45, 7) is 26.5. The number of ether oxygens (including phenoxy) is 5. The molecule has 0 aliphatic rings. The zero-order valence-corrected chi connectivity index (χ0v) is 67.5. The Labute approximate surface area is 658 Å². The molecule has 0 aliphatic heterocycles. The molecular formula is C81H91BrN14O13S2. The number of fused-ring (bicyclic) bond motifs is 3. The summed E-state index contributed by atoms with van der Waals surface area (Å²) in [4.78, 5) is 124. The van der Waals surface area contributed by atoms with E-state index in [1.54, 1.807) is 139 Å². The molecule has 0 aliphatic carbocycles. The third-order valence-corrected chi connectivity index (χ3v) is 18.1. The maximum Gasteiger partial charge on any atom is 0.408 e. The molecule has 0 bridgehead atoms. The first-order valence-corrected chi connectivity index (χ1v) is 38.4. The molecule has 6 aromatic carbocycles. The summed E-state index contributed by atoms with van der Waals surface area (Å²) in [5.41, 5.74) is 8.74. The summed E-state index contributed by atoms with van der Waals surface area (Å²) in [7, 11) is 0. The van der Waals surface area contributed by atoms with Gasteiger partial charge in [0, 0.05) is 23.8 Å². The van der Waals surface area contributed by atoms with Crippen molar-refractivity contribution in [2.75, 3.05) is 18.5 Å². The van der Waals surface area contributed by atoms with E-state index >= 15 is 0 Å². The van der Waals surface area contributed by atoms with Gasteiger partial charge in [0.1, 0.15) is 40.3 Å². The minimum Gasteiger partial charge on any atom is -0.461 e. The highest BCUT2D eigenvalue weighted by Crippen LogP contribution is 2.29. The number of aromatic nitrogens is 8. The summed E-state index contributed by atoms with van der Waals surface area (Å²) in [5.74, 6) is 0.379. The number of thiazole rings is 2. The molecule has 0 radical (unpaired) electrons. The van der Waals surface area contributed by atoms with E-state index in [1.807, 2.05) is 124 Å². The summed E-state index contributed by atoms with van der Waals surface area (Å²) in [5, 5.41) is 26.2. The van der Waals surface area contributed by atoms with E-state index in [4.69, 9.17) is 39.4 Å². The van der Waals surface area contributed by atoms with Crippen molar-refractivity contribution in [1.29, 1.82) is 5.26 Å². The summed E-state index contributed by atoms with van der Waals surface area (Å²) < 4.78 is 31.2. The van der Waals surface area contributed by atoms with Crippen LogP contribution in [0.2, 0.25) is 0 Å². The van der Waals surface area contributed by atoms with Gasteiger partial charge in [-0.2, -0.15) is 5.26 Å². The number of carbonyl (C=O) groups is 5. The minimum absolute atomic E-state index is 0.216. The number of halogens is 1. The fourth-order valence-corrected chi connectivity index (χ4v) is 12.9. The quantitative estimate of drug-likeness (QED) is 0.0349. The molecule has 111 heavy (non-hydrogen) atoms. The molecule has 0 spiro atoms. The number of benzene rings is 6. The van der Waals surface area contributed by atoms with Gasteiger partial charge in [-0.1, -0.05) is 106 Å². The molecule has 11 aromatic rings. The lowest BCUT2D eigenvalue weighted by Crippen LogP contribution is -2.38. The molecule has 5 heterocycles. The minimum atomic E-state index is -0.672. The first-order chi connectivity index (χ1) is 52.8. The standard InChI is InChI=1S/C29H33N5O5S.C23H28N4O3.C23H24N4O3.C6H6BrNO2S/c1-6-20(33-28(37)39-29(3,4)5)24-31-21-15-11-12-18(16-30-27-32-22(17-40-27)26(36)38-7-2)23(21)25(35)34(24)19-13-9-8-10-14-19;2*1-5-17(26-22(29)30-23(2,3)4)20-25-18-13-9-10-15(14-24)19(18)21(28)27(20)16-11-7-6-8-12-16;1-2-10-5(9)4-3-11-6(7)8-4/h8-15,17,20H,6-7,16H2,1-5H3,(H,30,32)(H,33,37);6-13,17H,5,14,24H2,1-4H3,(H,26,29);6-13,17H,5H2,1-4H3,(H,26,29);3H,2H2,1H3/t20-;2*17-;/m000./s1. The summed E-state index contributed by atoms with van der Waals surface area (Å²) in [6, 6.07) is 43.8. The zero-order valence-electron chi connectivity index (χ0n) is 64.3. The van der Waals surface area contributed by atoms with E-state index in [9.17, 15) is 43.6 Å². The van der Waals surface area contributed by atoms with Crippen LogP contribution in [0.1, 0.15) is 189 Å². The van der Waals surface area contributed by atoms with Crippen molar-refractivity contribution in [3.8, 4) is 23.1 Å². The number of rotatable bonds is 20. The van der Waals surface area contributed by atoms with Crippen LogP contribution in [0.15, 0.2) is 175 Å². The van der Waals surface area contributed by atoms with E-state index in [0.29, 0.717) is 108 Å². The number of esters is 2. The number of nitrogens with one attached hydrogen (secondary N) is 4. The van der Waals surface area contributed by atoms with Crippen molar-refractivity contribution < 1.29 is 47.7 Å². The molecule has 3 amide bonds. The molecule has 0 saturated heterocycles. The fourth-order valence-electron chi connectivity index (χ4n) is 11.2. The Kier molecular flexibility index (Phi) is 29.7. The lowest BCUT2D eigenvalue weighted by atomic mass is 10.1. The number of hydrogen-bond acceptors (Lipinski definition) is 23. The normalized spacial score (nSPS) is 12.0.